The van der Waals surface area contributed by atoms with E-state index >= 15 is 0 Å². The van der Waals surface area contributed by atoms with E-state index in [2.05, 4.69) is 34.7 Å². The Morgan fingerprint density at radius 3 is 2.00 bits per heavy atom. The van der Waals surface area contributed by atoms with E-state index in [4.69, 9.17) is 0 Å². The number of hydrogen-bond donors (Lipinski definition) is 2. The zero-order valence-corrected chi connectivity index (χ0v) is 7.91. The lowest BCUT2D eigenvalue weighted by Crippen LogP contribution is -2.41. The second-order valence-electron chi connectivity index (χ2n) is 2.21. The number of rotatable bonds is 6. The van der Waals surface area contributed by atoms with Crippen molar-refractivity contribution >= 4 is 10.2 Å². The summed E-state index contributed by atoms with van der Waals surface area (Å²) in [5.74, 6) is 0. The molecule has 0 aliphatic heterocycles. The fourth-order valence-electron chi connectivity index (χ4n) is 0.913. The molecule has 0 aromatic rings. The van der Waals surface area contributed by atoms with Gasteiger partial charge in [-0.3, -0.25) is 0 Å². The maximum absolute atomic E-state index is 3.45. The minimum Gasteiger partial charge on any atom is -0.302 e. The van der Waals surface area contributed by atoms with Crippen LogP contribution in [-0.4, -0.2) is 29.5 Å². The molecule has 0 unspecified atom stereocenters. The normalized spacial score (nSPS) is 10.8. The van der Waals surface area contributed by atoms with Crippen LogP contribution in [0.5, 0.6) is 0 Å². The fourth-order valence-corrected chi connectivity index (χ4v) is 1.20. The third kappa shape index (κ3) is 4.96. The molecule has 0 spiro atoms. The molecule has 3 heteroatoms. The highest BCUT2D eigenvalue weighted by Crippen LogP contribution is 1.90. The Hall–Kier alpha value is 0.137. The summed E-state index contributed by atoms with van der Waals surface area (Å²) in [5, 5.41) is 6.68. The Labute approximate surface area is 67.2 Å². The minimum absolute atomic E-state index is 0.479. The van der Waals surface area contributed by atoms with Crippen LogP contribution in [0.3, 0.4) is 0 Å². The molecule has 10 heavy (non-hydrogen) atoms. The number of hydrogen-bond acceptors (Lipinski definition) is 2. The maximum atomic E-state index is 3.45. The van der Waals surface area contributed by atoms with Crippen molar-refractivity contribution in [3.63, 3.8) is 0 Å². The number of nitrogens with one attached hydrogen (secondary N) is 2. The molecule has 0 aromatic carbocycles. The highest BCUT2D eigenvalue weighted by Gasteiger charge is 2.00. The molecule has 0 rings (SSSR count). The van der Waals surface area contributed by atoms with E-state index in [1.807, 2.05) is 0 Å². The standard InChI is InChI=1S/C7H17N2Si/c1-3-8-7(5-6-10)9-4-2/h7-9H,3-6H2,1-2H3. The predicted molar refractivity (Wildman–Crippen MR) is 46.3 cm³/mol. The largest absolute Gasteiger partial charge is 0.302 e. The van der Waals surface area contributed by atoms with E-state index in [-0.39, 0.29) is 0 Å². The van der Waals surface area contributed by atoms with Crippen LogP contribution in [0.25, 0.3) is 0 Å². The summed E-state index contributed by atoms with van der Waals surface area (Å²) in [7, 11) is 3.45. The van der Waals surface area contributed by atoms with Crippen molar-refractivity contribution in [3.05, 3.63) is 0 Å². The third-order valence-electron chi connectivity index (χ3n) is 1.33. The summed E-state index contributed by atoms with van der Waals surface area (Å²) >= 11 is 0. The van der Waals surface area contributed by atoms with Crippen molar-refractivity contribution in [2.75, 3.05) is 13.1 Å². The van der Waals surface area contributed by atoms with E-state index < -0.39 is 0 Å². The molecule has 0 aliphatic carbocycles. The molecule has 0 atom stereocenters. The Kier molecular flexibility index (Phi) is 7.35. The molecule has 59 valence electrons. The van der Waals surface area contributed by atoms with Crippen LogP contribution in [-0.2, 0) is 0 Å². The predicted octanol–water partition coefficient (Wildman–Crippen LogP) is 0.508. The molecule has 0 saturated heterocycles. The molecule has 0 aliphatic rings. The first-order valence-corrected chi connectivity index (χ1v) is 4.67. The van der Waals surface area contributed by atoms with Crippen LogP contribution < -0.4 is 10.6 Å². The SMILES string of the molecule is CCNC(CC[Si])NCC. The lowest BCUT2D eigenvalue weighted by atomic mass is 10.3. The van der Waals surface area contributed by atoms with E-state index in [1.165, 1.54) is 0 Å². The molecule has 0 bridgehead atoms. The average Bonchev–Trinajstić information content (AvgIpc) is 1.90. The molecule has 0 saturated carbocycles. The Morgan fingerprint density at radius 1 is 1.20 bits per heavy atom. The van der Waals surface area contributed by atoms with Gasteiger partial charge in [0.15, 0.2) is 0 Å². The molecule has 2 N–H and O–H groups in total. The monoisotopic (exact) mass is 157 g/mol. The van der Waals surface area contributed by atoms with Crippen LogP contribution in [0.4, 0.5) is 0 Å². The zero-order valence-electron chi connectivity index (χ0n) is 6.91. The lowest BCUT2D eigenvalue weighted by Gasteiger charge is -2.17. The van der Waals surface area contributed by atoms with Crippen LogP contribution in [0.1, 0.15) is 20.3 Å². The molecule has 3 radical (unpaired) electrons. The second-order valence-corrected chi connectivity index (χ2v) is 2.71. The zero-order chi connectivity index (χ0) is 7.82. The molecule has 0 heterocycles. The first-order valence-electron chi connectivity index (χ1n) is 3.96. The summed E-state index contributed by atoms with van der Waals surface area (Å²) in [4.78, 5) is 0. The van der Waals surface area contributed by atoms with Gasteiger partial charge in [-0.2, -0.15) is 0 Å². The summed E-state index contributed by atoms with van der Waals surface area (Å²) in [6.45, 7) is 6.31. The first-order chi connectivity index (χ1) is 4.85. The maximum Gasteiger partial charge on any atom is 0.0568 e. The quantitative estimate of drug-likeness (QED) is 0.433. The van der Waals surface area contributed by atoms with E-state index in [1.54, 1.807) is 0 Å². The van der Waals surface area contributed by atoms with Gasteiger partial charge in [-0.25, -0.2) is 0 Å². The topological polar surface area (TPSA) is 24.1 Å². The summed E-state index contributed by atoms with van der Waals surface area (Å²) < 4.78 is 0. The molecule has 0 fully saturated rings. The average molecular weight is 157 g/mol. The van der Waals surface area contributed by atoms with E-state index in [0.717, 1.165) is 25.6 Å². The minimum atomic E-state index is 0.479. The van der Waals surface area contributed by atoms with E-state index in [0.29, 0.717) is 6.17 Å². The highest BCUT2D eigenvalue weighted by atomic mass is 28.1. The van der Waals surface area contributed by atoms with Crippen molar-refractivity contribution in [2.24, 2.45) is 0 Å². The van der Waals surface area contributed by atoms with Gasteiger partial charge >= 0.3 is 0 Å². The van der Waals surface area contributed by atoms with Gasteiger partial charge in [0.05, 0.1) is 6.17 Å². The Morgan fingerprint density at radius 2 is 1.70 bits per heavy atom. The van der Waals surface area contributed by atoms with Gasteiger partial charge in [0.1, 0.15) is 0 Å². The second kappa shape index (κ2) is 7.25. The molecular weight excluding hydrogens is 140 g/mol. The smallest absolute Gasteiger partial charge is 0.0568 e. The lowest BCUT2D eigenvalue weighted by molar-refractivity contribution is 0.433. The molecular formula is C7H17N2Si. The molecule has 0 amide bonds. The van der Waals surface area contributed by atoms with Crippen molar-refractivity contribution in [1.29, 1.82) is 0 Å². The van der Waals surface area contributed by atoms with Crippen molar-refractivity contribution in [1.82, 2.24) is 10.6 Å². The molecule has 2 nitrogen and oxygen atoms in total. The van der Waals surface area contributed by atoms with Gasteiger partial charge in [-0.1, -0.05) is 19.9 Å². The van der Waals surface area contributed by atoms with Gasteiger partial charge in [-0.15, -0.1) is 0 Å². The van der Waals surface area contributed by atoms with Crippen LogP contribution in [0.2, 0.25) is 6.04 Å². The highest BCUT2D eigenvalue weighted by molar-refractivity contribution is 6.08. The Bertz CT molecular complexity index is 54.4. The van der Waals surface area contributed by atoms with Crippen LogP contribution in [0.15, 0.2) is 0 Å². The van der Waals surface area contributed by atoms with E-state index in [9.17, 15) is 0 Å². The van der Waals surface area contributed by atoms with Gasteiger partial charge in [0.2, 0.25) is 0 Å². The third-order valence-corrected chi connectivity index (χ3v) is 1.62. The first kappa shape index (κ1) is 10.1. The van der Waals surface area contributed by atoms with Crippen LogP contribution in [0, 0.1) is 0 Å². The summed E-state index contributed by atoms with van der Waals surface area (Å²) in [6.07, 6.45) is 1.62. The summed E-state index contributed by atoms with van der Waals surface area (Å²) in [5.41, 5.74) is 0. The van der Waals surface area contributed by atoms with Crippen molar-refractivity contribution in [2.45, 2.75) is 32.5 Å². The van der Waals surface area contributed by atoms with Gasteiger partial charge < -0.3 is 10.6 Å². The van der Waals surface area contributed by atoms with Gasteiger partial charge in [0.25, 0.3) is 0 Å². The van der Waals surface area contributed by atoms with Crippen molar-refractivity contribution < 1.29 is 0 Å². The molecule has 0 aromatic heterocycles. The summed E-state index contributed by atoms with van der Waals surface area (Å²) in [6, 6.07) is 1.05. The van der Waals surface area contributed by atoms with Gasteiger partial charge in [0, 0.05) is 10.2 Å². The van der Waals surface area contributed by atoms with Gasteiger partial charge in [-0.05, 0) is 19.5 Å². The fraction of sp³-hybridized carbons (Fsp3) is 1.00. The van der Waals surface area contributed by atoms with Crippen molar-refractivity contribution in [3.8, 4) is 0 Å². The Balaban J connectivity index is 3.30. The van der Waals surface area contributed by atoms with Crippen LogP contribution >= 0.6 is 0 Å².